The normalized spacial score (nSPS) is 24.9. The Bertz CT molecular complexity index is 856. The van der Waals surface area contributed by atoms with Gasteiger partial charge in [-0.3, -0.25) is 14.2 Å². The second-order valence-electron chi connectivity index (χ2n) is 6.80. The van der Waals surface area contributed by atoms with Crippen LogP contribution in [0.1, 0.15) is 23.2 Å². The first-order chi connectivity index (χ1) is 12.1. The number of aromatic nitrogens is 1. The summed E-state index contributed by atoms with van der Waals surface area (Å²) in [5.41, 5.74) is 0.829. The molecule has 1 amide bonds. The van der Waals surface area contributed by atoms with Crippen molar-refractivity contribution in [2.45, 2.75) is 18.9 Å². The van der Waals surface area contributed by atoms with E-state index >= 15 is 0 Å². The van der Waals surface area contributed by atoms with Crippen LogP contribution in [0.2, 0.25) is 5.02 Å². The molecule has 0 spiro atoms. The van der Waals surface area contributed by atoms with E-state index in [-0.39, 0.29) is 17.5 Å². The van der Waals surface area contributed by atoms with Gasteiger partial charge in [-0.05, 0) is 50.0 Å². The molecule has 25 heavy (non-hydrogen) atoms. The van der Waals surface area contributed by atoms with Crippen molar-refractivity contribution < 1.29 is 4.79 Å². The average molecular weight is 358 g/mol. The van der Waals surface area contributed by atoms with Crippen molar-refractivity contribution in [3.63, 3.8) is 0 Å². The van der Waals surface area contributed by atoms with E-state index in [0.717, 1.165) is 32.5 Å². The van der Waals surface area contributed by atoms with Gasteiger partial charge in [0.25, 0.3) is 11.5 Å². The Hall–Kier alpha value is -2.11. The molecule has 2 bridgehead atoms. The highest BCUT2D eigenvalue weighted by atomic mass is 35.5. The maximum absolute atomic E-state index is 12.7. The number of hydrogen-bond donors (Lipinski definition) is 1. The number of amides is 1. The summed E-state index contributed by atoms with van der Waals surface area (Å²) in [5, 5.41) is 3.62. The molecule has 1 atom stereocenters. The molecule has 1 N–H and O–H groups in total. The third kappa shape index (κ3) is 3.22. The summed E-state index contributed by atoms with van der Waals surface area (Å²) in [7, 11) is 0. The van der Waals surface area contributed by atoms with Gasteiger partial charge in [-0.1, -0.05) is 23.7 Å². The van der Waals surface area contributed by atoms with E-state index < -0.39 is 0 Å². The number of pyridine rings is 1. The van der Waals surface area contributed by atoms with Crippen LogP contribution >= 0.6 is 11.6 Å². The van der Waals surface area contributed by atoms with E-state index in [1.54, 1.807) is 30.5 Å². The molecule has 6 heteroatoms. The number of para-hydroxylation sites is 1. The van der Waals surface area contributed by atoms with Gasteiger partial charge in [-0.15, -0.1) is 0 Å². The molecular weight excluding hydrogens is 338 g/mol. The number of fused-ring (bicyclic) bond motifs is 3. The Balaban J connectivity index is 1.59. The first-order valence-electron chi connectivity index (χ1n) is 8.62. The Morgan fingerprint density at radius 3 is 2.56 bits per heavy atom. The summed E-state index contributed by atoms with van der Waals surface area (Å²) in [5.74, 6) is 0.419. The summed E-state index contributed by atoms with van der Waals surface area (Å²) in [6, 6.07) is 10.3. The number of piperidine rings is 3. The zero-order valence-electron chi connectivity index (χ0n) is 13.8. The fourth-order valence-corrected chi connectivity index (χ4v) is 4.06. The molecule has 130 valence electrons. The van der Waals surface area contributed by atoms with Crippen molar-refractivity contribution in [2.24, 2.45) is 5.92 Å². The lowest BCUT2D eigenvalue weighted by Crippen LogP contribution is -2.57. The van der Waals surface area contributed by atoms with Crippen LogP contribution in [0.15, 0.2) is 47.4 Å². The van der Waals surface area contributed by atoms with Crippen LogP contribution in [0, 0.1) is 5.92 Å². The van der Waals surface area contributed by atoms with Crippen molar-refractivity contribution in [1.82, 2.24) is 14.8 Å². The monoisotopic (exact) mass is 357 g/mol. The minimum Gasteiger partial charge on any atom is -0.348 e. The van der Waals surface area contributed by atoms with Gasteiger partial charge in [0, 0.05) is 24.8 Å². The standard InChI is InChI=1S/C19H20ClN3O2/c20-15-3-1-2-4-17(15)23-11-14(5-6-18(23)24)19(25)21-16-12-22-9-7-13(16)8-10-22/h1-6,11,13,16H,7-10,12H2,(H,21,25). The molecule has 3 fully saturated rings. The van der Waals surface area contributed by atoms with Gasteiger partial charge in [0.05, 0.1) is 16.3 Å². The van der Waals surface area contributed by atoms with Crippen molar-refractivity contribution >= 4 is 17.5 Å². The van der Waals surface area contributed by atoms with Gasteiger partial charge >= 0.3 is 0 Å². The fraction of sp³-hybridized carbons (Fsp3) is 0.368. The van der Waals surface area contributed by atoms with Crippen LogP contribution < -0.4 is 10.9 Å². The highest BCUT2D eigenvalue weighted by molar-refractivity contribution is 6.32. The number of halogens is 1. The van der Waals surface area contributed by atoms with Crippen LogP contribution in [-0.4, -0.2) is 41.1 Å². The predicted molar refractivity (Wildman–Crippen MR) is 97.5 cm³/mol. The summed E-state index contributed by atoms with van der Waals surface area (Å²) < 4.78 is 1.42. The predicted octanol–water partition coefficient (Wildman–Crippen LogP) is 2.31. The number of hydrogen-bond acceptors (Lipinski definition) is 3. The van der Waals surface area contributed by atoms with Crippen molar-refractivity contribution in [2.75, 3.05) is 19.6 Å². The second kappa shape index (κ2) is 6.65. The molecule has 1 aromatic carbocycles. The Morgan fingerprint density at radius 2 is 1.88 bits per heavy atom. The summed E-state index contributed by atoms with van der Waals surface area (Å²) in [4.78, 5) is 27.3. The Kier molecular flexibility index (Phi) is 4.36. The summed E-state index contributed by atoms with van der Waals surface area (Å²) in [6.45, 7) is 3.18. The molecule has 5 nitrogen and oxygen atoms in total. The first kappa shape index (κ1) is 16.4. The summed E-state index contributed by atoms with van der Waals surface area (Å²) in [6.07, 6.45) is 3.86. The first-order valence-corrected chi connectivity index (χ1v) is 9.00. The largest absolute Gasteiger partial charge is 0.348 e. The van der Waals surface area contributed by atoms with Crippen LogP contribution in [0.4, 0.5) is 0 Å². The SMILES string of the molecule is O=C(NC1CN2CCC1CC2)c1ccc(=O)n(-c2ccccc2Cl)c1. The lowest BCUT2D eigenvalue weighted by Gasteiger charge is -2.44. The van der Waals surface area contributed by atoms with Crippen molar-refractivity contribution in [3.05, 3.63) is 63.5 Å². The van der Waals surface area contributed by atoms with Gasteiger partial charge in [-0.2, -0.15) is 0 Å². The summed E-state index contributed by atoms with van der Waals surface area (Å²) >= 11 is 6.20. The van der Waals surface area contributed by atoms with Gasteiger partial charge < -0.3 is 10.2 Å². The van der Waals surface area contributed by atoms with E-state index in [4.69, 9.17) is 11.6 Å². The number of nitrogens with one attached hydrogen (secondary N) is 1. The molecule has 2 aromatic rings. The Labute approximate surface area is 151 Å². The highest BCUT2D eigenvalue weighted by Gasteiger charge is 2.35. The lowest BCUT2D eigenvalue weighted by atomic mass is 9.84. The third-order valence-electron chi connectivity index (χ3n) is 5.26. The van der Waals surface area contributed by atoms with Gasteiger partial charge in [0.2, 0.25) is 0 Å². The topological polar surface area (TPSA) is 54.3 Å². The Morgan fingerprint density at radius 1 is 1.12 bits per heavy atom. The third-order valence-corrected chi connectivity index (χ3v) is 5.58. The van der Waals surface area contributed by atoms with Crippen molar-refractivity contribution in [1.29, 1.82) is 0 Å². The van der Waals surface area contributed by atoms with Gasteiger partial charge in [0.1, 0.15) is 0 Å². The number of benzene rings is 1. The molecule has 0 radical (unpaired) electrons. The zero-order chi connectivity index (χ0) is 17.4. The number of rotatable bonds is 3. The van der Waals surface area contributed by atoms with Gasteiger partial charge in [-0.25, -0.2) is 0 Å². The minimum atomic E-state index is -0.215. The fourth-order valence-electron chi connectivity index (χ4n) is 3.84. The molecule has 4 heterocycles. The molecular formula is C19H20ClN3O2. The molecule has 0 aliphatic carbocycles. The molecule has 3 aliphatic rings. The minimum absolute atomic E-state index is 0.139. The van der Waals surface area contributed by atoms with Crippen LogP contribution in [0.3, 0.4) is 0 Å². The zero-order valence-corrected chi connectivity index (χ0v) is 14.6. The smallest absolute Gasteiger partial charge is 0.255 e. The molecule has 1 unspecified atom stereocenters. The molecule has 3 saturated heterocycles. The molecule has 5 rings (SSSR count). The van der Waals surface area contributed by atoms with E-state index in [2.05, 4.69) is 10.2 Å². The van der Waals surface area contributed by atoms with Crippen molar-refractivity contribution in [3.8, 4) is 5.69 Å². The number of carbonyl (C=O) groups is 1. The van der Waals surface area contributed by atoms with Crippen LogP contribution in [0.5, 0.6) is 0 Å². The van der Waals surface area contributed by atoms with E-state index in [9.17, 15) is 9.59 Å². The molecule has 0 saturated carbocycles. The van der Waals surface area contributed by atoms with Crippen LogP contribution in [0.25, 0.3) is 5.69 Å². The maximum atomic E-state index is 12.7. The van der Waals surface area contributed by atoms with Crippen LogP contribution in [-0.2, 0) is 0 Å². The number of nitrogens with zero attached hydrogens (tertiary/aromatic N) is 2. The number of carbonyl (C=O) groups excluding carboxylic acids is 1. The van der Waals surface area contributed by atoms with E-state index in [1.807, 2.05) is 6.07 Å². The quantitative estimate of drug-likeness (QED) is 0.917. The van der Waals surface area contributed by atoms with Gasteiger partial charge in [0.15, 0.2) is 0 Å². The maximum Gasteiger partial charge on any atom is 0.255 e. The van der Waals surface area contributed by atoms with E-state index in [0.29, 0.717) is 22.2 Å². The molecule has 1 aromatic heterocycles. The lowest BCUT2D eigenvalue weighted by molar-refractivity contribution is 0.0620. The van der Waals surface area contributed by atoms with E-state index in [1.165, 1.54) is 10.6 Å². The second-order valence-corrected chi connectivity index (χ2v) is 7.20. The molecule has 3 aliphatic heterocycles. The highest BCUT2D eigenvalue weighted by Crippen LogP contribution is 2.27. The average Bonchev–Trinajstić information content (AvgIpc) is 2.64.